The van der Waals surface area contributed by atoms with Crippen LogP contribution in [0.1, 0.15) is 45.0 Å². The highest BCUT2D eigenvalue weighted by Crippen LogP contribution is 2.43. The standard InChI is InChI=1S/C28H37F2N5O2.CH4/c1-20-16-34(23(15-31-20)17-33-9-11-37-12-10-33)18-25(36)35-19-27(2,3)26-24(35)13-22(14-32-26)28(29,30)21-7-5-4-6-8-21;/h4-8,13-14,20,23,31H,9-12,15-19H2,1-3H3;1H4/t20-,23-;/m1./s1. The molecule has 1 aromatic heterocycles. The summed E-state index contributed by atoms with van der Waals surface area (Å²) in [6.07, 6.45) is 1.26. The average Bonchev–Trinajstić information content (AvgIpc) is 3.17. The number of amides is 1. The smallest absolute Gasteiger partial charge is 0.300 e. The molecule has 1 amide bonds. The molecule has 0 unspecified atom stereocenters. The van der Waals surface area contributed by atoms with Gasteiger partial charge in [0.05, 0.1) is 31.1 Å². The van der Waals surface area contributed by atoms with Gasteiger partial charge in [-0.05, 0) is 13.0 Å². The third-order valence-electron chi connectivity index (χ3n) is 7.79. The molecular weight excluding hydrogens is 488 g/mol. The summed E-state index contributed by atoms with van der Waals surface area (Å²) in [5.74, 6) is -3.28. The van der Waals surface area contributed by atoms with E-state index in [9.17, 15) is 4.79 Å². The molecule has 2 fully saturated rings. The van der Waals surface area contributed by atoms with Crippen LogP contribution in [0.3, 0.4) is 0 Å². The second-order valence-corrected chi connectivity index (χ2v) is 11.2. The number of anilines is 1. The Hall–Kier alpha value is -2.46. The first-order valence-electron chi connectivity index (χ1n) is 13.2. The van der Waals surface area contributed by atoms with Crippen LogP contribution in [0.4, 0.5) is 14.5 Å². The molecule has 0 spiro atoms. The van der Waals surface area contributed by atoms with Gasteiger partial charge in [-0.2, -0.15) is 8.78 Å². The van der Waals surface area contributed by atoms with E-state index in [0.717, 1.165) is 45.9 Å². The summed E-state index contributed by atoms with van der Waals surface area (Å²) in [5.41, 5.74) is 0.472. The van der Waals surface area contributed by atoms with E-state index in [1.54, 1.807) is 23.1 Å². The summed E-state index contributed by atoms with van der Waals surface area (Å²) in [7, 11) is 0. The van der Waals surface area contributed by atoms with Gasteiger partial charge in [0.2, 0.25) is 5.91 Å². The van der Waals surface area contributed by atoms with Crippen LogP contribution in [0.5, 0.6) is 0 Å². The van der Waals surface area contributed by atoms with Crippen LogP contribution in [0.2, 0.25) is 0 Å². The van der Waals surface area contributed by atoms with Crippen LogP contribution in [0.15, 0.2) is 42.6 Å². The molecule has 5 rings (SSSR count). The van der Waals surface area contributed by atoms with E-state index in [2.05, 4.69) is 27.0 Å². The van der Waals surface area contributed by atoms with Gasteiger partial charge in [0.25, 0.3) is 5.92 Å². The van der Waals surface area contributed by atoms with Crippen LogP contribution < -0.4 is 10.2 Å². The minimum Gasteiger partial charge on any atom is -0.379 e. The number of hydrogen-bond donors (Lipinski definition) is 1. The normalized spacial score (nSPS) is 24.1. The molecule has 0 bridgehead atoms. The fourth-order valence-electron chi connectivity index (χ4n) is 5.69. The molecule has 2 aromatic rings. The summed E-state index contributed by atoms with van der Waals surface area (Å²) in [4.78, 5) is 24.5. The van der Waals surface area contributed by atoms with Gasteiger partial charge in [-0.15, -0.1) is 0 Å². The maximum atomic E-state index is 15.4. The van der Waals surface area contributed by atoms with E-state index < -0.39 is 11.3 Å². The number of alkyl halides is 2. The Morgan fingerprint density at radius 3 is 2.61 bits per heavy atom. The highest BCUT2D eigenvalue weighted by molar-refractivity contribution is 5.97. The van der Waals surface area contributed by atoms with Gasteiger partial charge in [0.15, 0.2) is 0 Å². The average molecular weight is 530 g/mol. The zero-order valence-electron chi connectivity index (χ0n) is 21.9. The van der Waals surface area contributed by atoms with Crippen molar-refractivity contribution in [2.24, 2.45) is 0 Å². The number of halogens is 2. The van der Waals surface area contributed by atoms with Crippen molar-refractivity contribution >= 4 is 11.6 Å². The molecule has 0 saturated carbocycles. The Bertz CT molecular complexity index is 1110. The molecule has 9 heteroatoms. The first kappa shape index (κ1) is 28.5. The third-order valence-corrected chi connectivity index (χ3v) is 7.79. The Morgan fingerprint density at radius 1 is 1.18 bits per heavy atom. The van der Waals surface area contributed by atoms with Crippen molar-refractivity contribution in [3.63, 3.8) is 0 Å². The molecule has 2 saturated heterocycles. The predicted octanol–water partition coefficient (Wildman–Crippen LogP) is 3.48. The first-order valence-corrected chi connectivity index (χ1v) is 13.2. The lowest BCUT2D eigenvalue weighted by Crippen LogP contribution is -2.61. The van der Waals surface area contributed by atoms with Gasteiger partial charge in [-0.25, -0.2) is 0 Å². The minimum atomic E-state index is -3.21. The van der Waals surface area contributed by atoms with Gasteiger partial charge in [0, 0.05) is 74.1 Å². The van der Waals surface area contributed by atoms with Gasteiger partial charge in [-0.1, -0.05) is 51.6 Å². The molecule has 7 nitrogen and oxygen atoms in total. The minimum absolute atomic E-state index is 0. The number of piperazine rings is 1. The number of ether oxygens (including phenoxy) is 1. The van der Waals surface area contributed by atoms with Crippen LogP contribution in [0, 0.1) is 0 Å². The molecule has 208 valence electrons. The zero-order chi connectivity index (χ0) is 26.2. The van der Waals surface area contributed by atoms with Crippen molar-refractivity contribution < 1.29 is 18.3 Å². The van der Waals surface area contributed by atoms with Crippen LogP contribution >= 0.6 is 0 Å². The molecule has 2 atom stereocenters. The van der Waals surface area contributed by atoms with Crippen molar-refractivity contribution in [2.75, 3.05) is 63.9 Å². The molecule has 1 N–H and O–H groups in total. The fourth-order valence-corrected chi connectivity index (χ4v) is 5.69. The van der Waals surface area contributed by atoms with Crippen LogP contribution in [-0.2, 0) is 20.9 Å². The van der Waals surface area contributed by atoms with E-state index in [1.807, 2.05) is 13.8 Å². The number of nitrogens with zero attached hydrogens (tertiary/aromatic N) is 4. The molecule has 0 aliphatic carbocycles. The third kappa shape index (κ3) is 5.76. The summed E-state index contributed by atoms with van der Waals surface area (Å²) >= 11 is 0. The maximum absolute atomic E-state index is 15.4. The van der Waals surface area contributed by atoms with Gasteiger partial charge in [-0.3, -0.25) is 19.6 Å². The van der Waals surface area contributed by atoms with Crippen molar-refractivity contribution in [3.8, 4) is 0 Å². The van der Waals surface area contributed by atoms with Crippen molar-refractivity contribution in [3.05, 3.63) is 59.4 Å². The number of rotatable bonds is 6. The van der Waals surface area contributed by atoms with Crippen LogP contribution in [-0.4, -0.2) is 91.8 Å². The van der Waals surface area contributed by atoms with Gasteiger partial charge < -0.3 is 15.0 Å². The second-order valence-electron chi connectivity index (χ2n) is 11.2. The Kier molecular flexibility index (Phi) is 8.52. The van der Waals surface area contributed by atoms with E-state index in [0.29, 0.717) is 17.9 Å². The highest BCUT2D eigenvalue weighted by Gasteiger charge is 2.43. The molecule has 3 aliphatic heterocycles. The highest BCUT2D eigenvalue weighted by atomic mass is 19.3. The number of fused-ring (bicyclic) bond motifs is 1. The molecule has 4 heterocycles. The number of carbonyl (C=O) groups is 1. The van der Waals surface area contributed by atoms with Crippen molar-refractivity contribution in [2.45, 2.75) is 51.6 Å². The predicted molar refractivity (Wildman–Crippen MR) is 146 cm³/mol. The number of morpholine rings is 1. The van der Waals surface area contributed by atoms with E-state index in [1.165, 1.54) is 24.4 Å². The molecule has 0 radical (unpaired) electrons. The van der Waals surface area contributed by atoms with Crippen LogP contribution in [0.25, 0.3) is 0 Å². The summed E-state index contributed by atoms with van der Waals surface area (Å²) < 4.78 is 36.3. The lowest BCUT2D eigenvalue weighted by Gasteiger charge is -2.42. The first-order chi connectivity index (χ1) is 17.6. The van der Waals surface area contributed by atoms with E-state index in [4.69, 9.17) is 4.74 Å². The molecular formula is C29H41F2N5O2. The Morgan fingerprint density at radius 2 is 1.89 bits per heavy atom. The maximum Gasteiger partial charge on any atom is 0.300 e. The zero-order valence-corrected chi connectivity index (χ0v) is 21.9. The molecule has 38 heavy (non-hydrogen) atoms. The SMILES string of the molecule is C.C[C@@H]1CN(CC(=O)N2CC(C)(C)c3ncc(C(F)(F)c4ccccc4)cc32)[C@@H](CN2CCOCC2)CN1. The lowest BCUT2D eigenvalue weighted by atomic mass is 9.90. The van der Waals surface area contributed by atoms with Crippen molar-refractivity contribution in [1.82, 2.24) is 20.1 Å². The van der Waals surface area contributed by atoms with Crippen molar-refractivity contribution in [1.29, 1.82) is 0 Å². The quantitative estimate of drug-likeness (QED) is 0.619. The largest absolute Gasteiger partial charge is 0.379 e. The molecule has 3 aliphatic rings. The number of benzene rings is 1. The Labute approximate surface area is 225 Å². The summed E-state index contributed by atoms with van der Waals surface area (Å²) in [5, 5.41) is 3.54. The topological polar surface area (TPSA) is 60.9 Å². The van der Waals surface area contributed by atoms with E-state index >= 15 is 8.78 Å². The number of aromatic nitrogens is 1. The fraction of sp³-hybridized carbons (Fsp3) is 0.586. The Balaban J connectivity index is 0.00000336. The monoisotopic (exact) mass is 529 g/mol. The van der Waals surface area contributed by atoms with Gasteiger partial charge >= 0.3 is 0 Å². The summed E-state index contributed by atoms with van der Waals surface area (Å²) in [6.45, 7) is 12.5. The number of pyridine rings is 1. The summed E-state index contributed by atoms with van der Waals surface area (Å²) in [6, 6.07) is 9.69. The number of hydrogen-bond acceptors (Lipinski definition) is 6. The lowest BCUT2D eigenvalue weighted by molar-refractivity contribution is -0.121. The number of nitrogens with one attached hydrogen (secondary N) is 1. The van der Waals surface area contributed by atoms with Gasteiger partial charge in [0.1, 0.15) is 0 Å². The number of carbonyl (C=O) groups excluding carboxylic acids is 1. The molecule has 1 aromatic carbocycles. The van der Waals surface area contributed by atoms with E-state index in [-0.39, 0.29) is 43.1 Å². The second kappa shape index (κ2) is 11.3.